The number of hydrogen-bond acceptors (Lipinski definition) is 2. The monoisotopic (exact) mass is 345 g/mol. The van der Waals surface area contributed by atoms with Crippen LogP contribution in [0.1, 0.15) is 36.2 Å². The first-order chi connectivity index (χ1) is 12.5. The van der Waals surface area contributed by atoms with Gasteiger partial charge in [0.1, 0.15) is 0 Å². The van der Waals surface area contributed by atoms with Gasteiger partial charge < -0.3 is 9.88 Å². The van der Waals surface area contributed by atoms with Crippen LogP contribution in [-0.2, 0) is 17.8 Å². The lowest BCUT2D eigenvalue weighted by atomic mass is 10.1. The van der Waals surface area contributed by atoms with Crippen LogP contribution in [-0.4, -0.2) is 21.8 Å². The van der Waals surface area contributed by atoms with Crippen molar-refractivity contribution >= 4 is 16.8 Å². The van der Waals surface area contributed by atoms with Crippen LogP contribution in [0.3, 0.4) is 0 Å². The van der Waals surface area contributed by atoms with Crippen molar-refractivity contribution in [1.29, 1.82) is 5.26 Å². The minimum Gasteiger partial charge on any atom is -0.358 e. The molecule has 0 fully saturated rings. The predicted octanol–water partition coefficient (Wildman–Crippen LogP) is 4.33. The number of para-hydroxylation sites is 1. The number of aromatic nitrogens is 1. The summed E-state index contributed by atoms with van der Waals surface area (Å²) in [6, 6.07) is 17.7. The molecule has 4 nitrogen and oxygen atoms in total. The number of aromatic amines is 1. The van der Waals surface area contributed by atoms with Crippen molar-refractivity contribution in [2.45, 2.75) is 39.8 Å². The first-order valence-electron chi connectivity index (χ1n) is 8.84. The molecule has 1 aromatic heterocycles. The van der Waals surface area contributed by atoms with E-state index in [9.17, 15) is 4.79 Å². The second-order valence-electron chi connectivity index (χ2n) is 6.88. The first-order valence-corrected chi connectivity index (χ1v) is 8.84. The van der Waals surface area contributed by atoms with E-state index in [4.69, 9.17) is 5.26 Å². The van der Waals surface area contributed by atoms with Gasteiger partial charge in [-0.3, -0.25) is 4.79 Å². The maximum atomic E-state index is 13.0. The van der Waals surface area contributed by atoms with Crippen LogP contribution < -0.4 is 0 Å². The van der Waals surface area contributed by atoms with Crippen LogP contribution in [0.4, 0.5) is 0 Å². The summed E-state index contributed by atoms with van der Waals surface area (Å²) in [7, 11) is 0. The number of aryl methyl sites for hydroxylation is 1. The SMILES string of the molecule is Cc1[nH]c2ccccc2c1CC(=O)N(Cc1ccc(C#N)cc1)C(C)C. The van der Waals surface area contributed by atoms with Gasteiger partial charge in [0.15, 0.2) is 0 Å². The van der Waals surface area contributed by atoms with E-state index < -0.39 is 0 Å². The highest BCUT2D eigenvalue weighted by atomic mass is 16.2. The Morgan fingerprint density at radius 2 is 1.85 bits per heavy atom. The van der Waals surface area contributed by atoms with Crippen molar-refractivity contribution in [2.24, 2.45) is 0 Å². The third-order valence-corrected chi connectivity index (χ3v) is 4.73. The molecule has 0 saturated heterocycles. The van der Waals surface area contributed by atoms with Crippen LogP contribution in [0.25, 0.3) is 10.9 Å². The van der Waals surface area contributed by atoms with Gasteiger partial charge in [-0.15, -0.1) is 0 Å². The zero-order valence-electron chi connectivity index (χ0n) is 15.4. The maximum absolute atomic E-state index is 13.0. The number of nitrogens with one attached hydrogen (secondary N) is 1. The van der Waals surface area contributed by atoms with E-state index in [0.29, 0.717) is 18.5 Å². The van der Waals surface area contributed by atoms with Crippen molar-refractivity contribution in [2.75, 3.05) is 0 Å². The molecule has 2 aromatic carbocycles. The summed E-state index contributed by atoms with van der Waals surface area (Å²) in [5.41, 5.74) is 4.83. The summed E-state index contributed by atoms with van der Waals surface area (Å²) in [6.07, 6.45) is 0.379. The summed E-state index contributed by atoms with van der Waals surface area (Å²) in [6.45, 7) is 6.62. The van der Waals surface area contributed by atoms with E-state index in [2.05, 4.69) is 17.1 Å². The molecule has 1 N–H and O–H groups in total. The quantitative estimate of drug-likeness (QED) is 0.748. The third kappa shape index (κ3) is 3.62. The fraction of sp³-hybridized carbons (Fsp3) is 0.273. The molecule has 26 heavy (non-hydrogen) atoms. The molecule has 0 aliphatic rings. The molecular formula is C22H23N3O. The average Bonchev–Trinajstić information content (AvgIpc) is 2.95. The molecule has 0 unspecified atom stereocenters. The van der Waals surface area contributed by atoms with E-state index in [1.807, 2.05) is 56.0 Å². The van der Waals surface area contributed by atoms with E-state index in [1.165, 1.54) is 0 Å². The van der Waals surface area contributed by atoms with Gasteiger partial charge in [0, 0.05) is 29.2 Å². The summed E-state index contributed by atoms with van der Waals surface area (Å²) < 4.78 is 0. The molecule has 4 heteroatoms. The highest BCUT2D eigenvalue weighted by Gasteiger charge is 2.20. The highest BCUT2D eigenvalue weighted by Crippen LogP contribution is 2.23. The Kier molecular flexibility index (Phi) is 5.09. The lowest BCUT2D eigenvalue weighted by Gasteiger charge is -2.27. The molecule has 0 aliphatic carbocycles. The summed E-state index contributed by atoms with van der Waals surface area (Å²) in [4.78, 5) is 18.3. The van der Waals surface area contributed by atoms with E-state index in [1.54, 1.807) is 12.1 Å². The Hall–Kier alpha value is -3.06. The number of nitriles is 1. The Labute approximate surface area is 154 Å². The van der Waals surface area contributed by atoms with Crippen LogP contribution in [0, 0.1) is 18.3 Å². The second-order valence-corrected chi connectivity index (χ2v) is 6.88. The molecule has 3 aromatic rings. The van der Waals surface area contributed by atoms with Gasteiger partial charge in [-0.2, -0.15) is 5.26 Å². The standard InChI is InChI=1S/C22H23N3O/c1-15(2)25(14-18-10-8-17(13-23)9-11-18)22(26)12-20-16(3)24-21-7-5-4-6-19(20)21/h4-11,15,24H,12,14H2,1-3H3. The number of nitrogens with zero attached hydrogens (tertiary/aromatic N) is 2. The zero-order valence-corrected chi connectivity index (χ0v) is 15.4. The minimum absolute atomic E-state index is 0.101. The molecule has 0 aliphatic heterocycles. The number of fused-ring (bicyclic) bond motifs is 1. The van der Waals surface area contributed by atoms with E-state index >= 15 is 0 Å². The summed E-state index contributed by atoms with van der Waals surface area (Å²) >= 11 is 0. The number of carbonyl (C=O) groups excluding carboxylic acids is 1. The van der Waals surface area contributed by atoms with Crippen LogP contribution in [0.5, 0.6) is 0 Å². The Bertz CT molecular complexity index is 961. The van der Waals surface area contributed by atoms with Gasteiger partial charge >= 0.3 is 0 Å². The van der Waals surface area contributed by atoms with Gasteiger partial charge in [0.2, 0.25) is 5.91 Å². The lowest BCUT2D eigenvalue weighted by Crippen LogP contribution is -2.37. The van der Waals surface area contributed by atoms with E-state index in [0.717, 1.165) is 27.7 Å². The van der Waals surface area contributed by atoms with Crippen molar-refractivity contribution < 1.29 is 4.79 Å². The lowest BCUT2D eigenvalue weighted by molar-refractivity contribution is -0.132. The van der Waals surface area contributed by atoms with Gasteiger partial charge in [-0.05, 0) is 50.1 Å². The molecule has 132 valence electrons. The Morgan fingerprint density at radius 1 is 1.15 bits per heavy atom. The number of benzene rings is 2. The number of H-pyrrole nitrogens is 1. The van der Waals surface area contributed by atoms with Crippen molar-refractivity contribution in [3.63, 3.8) is 0 Å². The van der Waals surface area contributed by atoms with Crippen LogP contribution in [0.2, 0.25) is 0 Å². The molecule has 0 atom stereocenters. The number of amides is 1. The highest BCUT2D eigenvalue weighted by molar-refractivity contribution is 5.90. The maximum Gasteiger partial charge on any atom is 0.227 e. The van der Waals surface area contributed by atoms with Crippen LogP contribution >= 0.6 is 0 Å². The Morgan fingerprint density at radius 3 is 2.50 bits per heavy atom. The molecule has 0 spiro atoms. The summed E-state index contributed by atoms with van der Waals surface area (Å²) in [5.74, 6) is 0.109. The topological polar surface area (TPSA) is 59.9 Å². The first kappa shape index (κ1) is 17.8. The largest absolute Gasteiger partial charge is 0.358 e. The fourth-order valence-corrected chi connectivity index (χ4v) is 3.26. The van der Waals surface area contributed by atoms with Crippen LogP contribution in [0.15, 0.2) is 48.5 Å². The van der Waals surface area contributed by atoms with Crippen molar-refractivity contribution in [1.82, 2.24) is 9.88 Å². The molecule has 1 amide bonds. The fourth-order valence-electron chi connectivity index (χ4n) is 3.26. The van der Waals surface area contributed by atoms with Gasteiger partial charge in [-0.25, -0.2) is 0 Å². The normalized spacial score (nSPS) is 10.9. The second kappa shape index (κ2) is 7.45. The third-order valence-electron chi connectivity index (χ3n) is 4.73. The van der Waals surface area contributed by atoms with Gasteiger partial charge in [0.25, 0.3) is 0 Å². The minimum atomic E-state index is 0.101. The number of rotatable bonds is 5. The summed E-state index contributed by atoms with van der Waals surface area (Å²) in [5, 5.41) is 10.0. The molecule has 3 rings (SSSR count). The zero-order chi connectivity index (χ0) is 18.7. The molecular weight excluding hydrogens is 322 g/mol. The van der Waals surface area contributed by atoms with Crippen molar-refractivity contribution in [3.05, 3.63) is 70.9 Å². The van der Waals surface area contributed by atoms with Crippen molar-refractivity contribution in [3.8, 4) is 6.07 Å². The number of hydrogen-bond donors (Lipinski definition) is 1. The molecule has 0 saturated carbocycles. The van der Waals surface area contributed by atoms with Gasteiger partial charge in [-0.1, -0.05) is 30.3 Å². The smallest absolute Gasteiger partial charge is 0.227 e. The Balaban J connectivity index is 1.82. The predicted molar refractivity (Wildman–Crippen MR) is 104 cm³/mol. The molecule has 1 heterocycles. The molecule has 0 radical (unpaired) electrons. The molecule has 0 bridgehead atoms. The average molecular weight is 345 g/mol. The van der Waals surface area contributed by atoms with E-state index in [-0.39, 0.29) is 11.9 Å². The number of carbonyl (C=O) groups is 1. The van der Waals surface area contributed by atoms with Gasteiger partial charge in [0.05, 0.1) is 18.1 Å².